The second-order valence-corrected chi connectivity index (χ2v) is 7.93. The van der Waals surface area contributed by atoms with Gasteiger partial charge in [0, 0.05) is 10.8 Å². The normalized spacial score (nSPS) is 15.7. The van der Waals surface area contributed by atoms with E-state index in [9.17, 15) is 4.79 Å². The molecule has 0 radical (unpaired) electrons. The number of carbonyl (C=O) groups excluding carboxylic acids is 1. The van der Waals surface area contributed by atoms with Gasteiger partial charge in [0.15, 0.2) is 11.5 Å². The van der Waals surface area contributed by atoms with Gasteiger partial charge in [0.25, 0.3) is 5.91 Å². The number of rotatable bonds is 3. The summed E-state index contributed by atoms with van der Waals surface area (Å²) in [5, 5.41) is 5.01. The van der Waals surface area contributed by atoms with Gasteiger partial charge in [-0.1, -0.05) is 24.3 Å². The molecule has 2 aromatic carbocycles. The summed E-state index contributed by atoms with van der Waals surface area (Å²) in [6.07, 6.45) is -0.211. The first-order chi connectivity index (χ1) is 13.7. The van der Waals surface area contributed by atoms with Crippen LogP contribution in [0.2, 0.25) is 0 Å². The van der Waals surface area contributed by atoms with Gasteiger partial charge in [0.05, 0.1) is 16.9 Å². The topological polar surface area (TPSA) is 60.5 Å². The van der Waals surface area contributed by atoms with Crippen molar-refractivity contribution in [2.75, 3.05) is 13.2 Å². The Balaban J connectivity index is 1.31. The zero-order chi connectivity index (χ0) is 19.1. The van der Waals surface area contributed by atoms with Gasteiger partial charge >= 0.3 is 0 Å². The summed E-state index contributed by atoms with van der Waals surface area (Å²) in [6.45, 7) is 2.85. The lowest BCUT2D eigenvalue weighted by Crippen LogP contribution is -2.40. The van der Waals surface area contributed by atoms with Crippen LogP contribution in [0, 0.1) is 6.92 Å². The Hall–Kier alpha value is -3.12. The third-order valence-electron chi connectivity index (χ3n) is 4.74. The number of hydrogen-bond donors (Lipinski definition) is 1. The molecule has 4 aromatic rings. The SMILES string of the molecule is Cc1ccc2cc3cc(C(=O)NCC4COc5ccccc5O4)sc3nc2c1. The van der Waals surface area contributed by atoms with Gasteiger partial charge in [-0.3, -0.25) is 4.79 Å². The van der Waals surface area contributed by atoms with Crippen LogP contribution in [-0.4, -0.2) is 30.1 Å². The minimum atomic E-state index is -0.211. The van der Waals surface area contributed by atoms with E-state index in [-0.39, 0.29) is 12.0 Å². The second kappa shape index (κ2) is 6.80. The molecule has 0 bridgehead atoms. The molecule has 0 saturated heterocycles. The second-order valence-electron chi connectivity index (χ2n) is 6.90. The highest BCUT2D eigenvalue weighted by Crippen LogP contribution is 2.31. The molecule has 5 rings (SSSR count). The van der Waals surface area contributed by atoms with Crippen LogP contribution in [0.1, 0.15) is 15.2 Å². The summed E-state index contributed by atoms with van der Waals surface area (Å²) in [4.78, 5) is 18.9. The molecule has 1 N–H and O–H groups in total. The monoisotopic (exact) mass is 390 g/mol. The fourth-order valence-corrected chi connectivity index (χ4v) is 4.24. The predicted octanol–water partition coefficient (Wildman–Crippen LogP) is 4.33. The van der Waals surface area contributed by atoms with Gasteiger partial charge < -0.3 is 14.8 Å². The standard InChI is InChI=1S/C22H18N2O3S/c1-13-6-7-14-9-15-10-20(28-22(15)24-17(14)8-13)21(25)23-11-16-12-26-18-4-2-3-5-19(18)27-16/h2-10,16H,11-12H2,1H3,(H,23,25). The average molecular weight is 390 g/mol. The van der Waals surface area contributed by atoms with Crippen molar-refractivity contribution in [2.45, 2.75) is 13.0 Å². The van der Waals surface area contributed by atoms with Crippen molar-refractivity contribution in [3.8, 4) is 11.5 Å². The number of carbonyl (C=O) groups is 1. The van der Waals surface area contributed by atoms with E-state index in [1.807, 2.05) is 37.3 Å². The van der Waals surface area contributed by atoms with Gasteiger partial charge in [0.1, 0.15) is 17.5 Å². The van der Waals surface area contributed by atoms with E-state index in [0.717, 1.165) is 26.9 Å². The number of nitrogens with zero attached hydrogens (tertiary/aromatic N) is 1. The molecule has 3 heterocycles. The number of nitrogens with one attached hydrogen (secondary N) is 1. The Labute approximate surface area is 165 Å². The summed E-state index contributed by atoms with van der Waals surface area (Å²) in [5.74, 6) is 1.33. The molecule has 1 aliphatic rings. The van der Waals surface area contributed by atoms with E-state index in [1.165, 1.54) is 16.9 Å². The Morgan fingerprint density at radius 2 is 2.00 bits per heavy atom. The number of aryl methyl sites for hydroxylation is 1. The van der Waals surface area contributed by atoms with E-state index in [2.05, 4.69) is 29.6 Å². The van der Waals surface area contributed by atoms with E-state index < -0.39 is 0 Å². The third-order valence-corrected chi connectivity index (χ3v) is 5.78. The lowest BCUT2D eigenvalue weighted by atomic mass is 10.1. The van der Waals surface area contributed by atoms with Crippen molar-refractivity contribution >= 4 is 38.4 Å². The summed E-state index contributed by atoms with van der Waals surface area (Å²) in [6, 6.07) is 17.7. The van der Waals surface area contributed by atoms with Crippen LogP contribution in [0.3, 0.4) is 0 Å². The van der Waals surface area contributed by atoms with Crippen molar-refractivity contribution in [2.24, 2.45) is 0 Å². The molecule has 2 aromatic heterocycles. The van der Waals surface area contributed by atoms with E-state index in [0.29, 0.717) is 23.8 Å². The van der Waals surface area contributed by atoms with Crippen molar-refractivity contribution in [1.29, 1.82) is 0 Å². The molecule has 0 spiro atoms. The average Bonchev–Trinajstić information content (AvgIpc) is 3.13. The van der Waals surface area contributed by atoms with Crippen LogP contribution in [0.25, 0.3) is 21.1 Å². The van der Waals surface area contributed by atoms with Crippen LogP contribution >= 0.6 is 11.3 Å². The number of amides is 1. The van der Waals surface area contributed by atoms with Crippen LogP contribution < -0.4 is 14.8 Å². The number of pyridine rings is 1. The van der Waals surface area contributed by atoms with Gasteiger partial charge in [-0.25, -0.2) is 4.98 Å². The molecular weight excluding hydrogens is 372 g/mol. The number of thiophene rings is 1. The molecule has 140 valence electrons. The first kappa shape index (κ1) is 17.0. The molecular formula is C22H18N2O3S. The molecule has 1 amide bonds. The van der Waals surface area contributed by atoms with E-state index >= 15 is 0 Å². The number of hydrogen-bond acceptors (Lipinski definition) is 5. The Morgan fingerprint density at radius 1 is 1.14 bits per heavy atom. The van der Waals surface area contributed by atoms with Crippen molar-refractivity contribution < 1.29 is 14.3 Å². The van der Waals surface area contributed by atoms with E-state index in [1.54, 1.807) is 0 Å². The zero-order valence-electron chi connectivity index (χ0n) is 15.3. The number of fused-ring (bicyclic) bond motifs is 3. The smallest absolute Gasteiger partial charge is 0.261 e. The lowest BCUT2D eigenvalue weighted by Gasteiger charge is -2.26. The molecule has 28 heavy (non-hydrogen) atoms. The number of para-hydroxylation sites is 2. The van der Waals surface area contributed by atoms with Crippen LogP contribution in [0.15, 0.2) is 54.6 Å². The molecule has 0 fully saturated rings. The summed E-state index contributed by atoms with van der Waals surface area (Å²) in [5.41, 5.74) is 2.12. The van der Waals surface area contributed by atoms with Gasteiger partial charge in [-0.15, -0.1) is 11.3 Å². The molecule has 6 heteroatoms. The fourth-order valence-electron chi connectivity index (χ4n) is 3.31. The number of benzene rings is 2. The van der Waals surface area contributed by atoms with E-state index in [4.69, 9.17) is 14.5 Å². The van der Waals surface area contributed by atoms with Gasteiger partial charge in [0.2, 0.25) is 0 Å². The minimum Gasteiger partial charge on any atom is -0.486 e. The molecule has 0 saturated carbocycles. The quantitative estimate of drug-likeness (QED) is 0.566. The van der Waals surface area contributed by atoms with Crippen molar-refractivity contribution in [1.82, 2.24) is 10.3 Å². The predicted molar refractivity (Wildman–Crippen MR) is 111 cm³/mol. The first-order valence-corrected chi connectivity index (χ1v) is 9.95. The van der Waals surface area contributed by atoms with Gasteiger partial charge in [-0.05, 0) is 42.8 Å². The van der Waals surface area contributed by atoms with Crippen molar-refractivity contribution in [3.63, 3.8) is 0 Å². The third kappa shape index (κ3) is 3.16. The summed E-state index contributed by atoms with van der Waals surface area (Å²) >= 11 is 1.41. The highest BCUT2D eigenvalue weighted by Gasteiger charge is 2.21. The maximum Gasteiger partial charge on any atom is 0.261 e. The fraction of sp³-hybridized carbons (Fsp3) is 0.182. The van der Waals surface area contributed by atoms with Crippen LogP contribution in [0.5, 0.6) is 11.5 Å². The van der Waals surface area contributed by atoms with Crippen molar-refractivity contribution in [3.05, 3.63) is 65.0 Å². The molecule has 5 nitrogen and oxygen atoms in total. The van der Waals surface area contributed by atoms with Crippen LogP contribution in [-0.2, 0) is 0 Å². The molecule has 1 aliphatic heterocycles. The summed E-state index contributed by atoms with van der Waals surface area (Å²) < 4.78 is 11.6. The number of aromatic nitrogens is 1. The minimum absolute atomic E-state index is 0.120. The van der Waals surface area contributed by atoms with Gasteiger partial charge in [-0.2, -0.15) is 0 Å². The molecule has 1 unspecified atom stereocenters. The molecule has 1 atom stereocenters. The largest absolute Gasteiger partial charge is 0.486 e. The Kier molecular flexibility index (Phi) is 4.13. The highest BCUT2D eigenvalue weighted by molar-refractivity contribution is 7.20. The Bertz CT molecular complexity index is 1200. The first-order valence-electron chi connectivity index (χ1n) is 9.13. The highest BCUT2D eigenvalue weighted by atomic mass is 32.1. The molecule has 0 aliphatic carbocycles. The maximum atomic E-state index is 12.6. The number of ether oxygens (including phenoxy) is 2. The van der Waals surface area contributed by atoms with Crippen LogP contribution in [0.4, 0.5) is 0 Å². The summed E-state index contributed by atoms with van der Waals surface area (Å²) in [7, 11) is 0. The maximum absolute atomic E-state index is 12.6. The lowest BCUT2D eigenvalue weighted by molar-refractivity contribution is 0.0791. The Morgan fingerprint density at radius 3 is 2.89 bits per heavy atom. The zero-order valence-corrected chi connectivity index (χ0v) is 16.1.